The van der Waals surface area contributed by atoms with E-state index in [2.05, 4.69) is 32.7 Å². The Balaban J connectivity index is 2.07. The number of allylic oxidation sites excluding steroid dienone is 1. The third-order valence-corrected chi connectivity index (χ3v) is 3.48. The van der Waals surface area contributed by atoms with Crippen molar-refractivity contribution in [3.05, 3.63) is 12.2 Å². The van der Waals surface area contributed by atoms with Gasteiger partial charge in [-0.2, -0.15) is 0 Å². The third-order valence-electron chi connectivity index (χ3n) is 3.48. The minimum absolute atomic E-state index is 0.777. The summed E-state index contributed by atoms with van der Waals surface area (Å²) in [5.74, 6) is 2.70. The van der Waals surface area contributed by atoms with Crippen molar-refractivity contribution in [2.75, 3.05) is 13.1 Å². The van der Waals surface area contributed by atoms with E-state index in [1.807, 2.05) is 0 Å². The van der Waals surface area contributed by atoms with Crippen LogP contribution in [0.2, 0.25) is 0 Å². The Bertz CT molecular complexity index is 196. The SMILES string of the molecule is C=C(C)CCC1CCC1CNCC(C)C. The summed E-state index contributed by atoms with van der Waals surface area (Å²) in [6.07, 6.45) is 5.47. The molecule has 0 aromatic carbocycles. The third kappa shape index (κ3) is 4.83. The van der Waals surface area contributed by atoms with E-state index in [9.17, 15) is 0 Å². The van der Waals surface area contributed by atoms with E-state index in [1.54, 1.807) is 0 Å². The highest BCUT2D eigenvalue weighted by atomic mass is 14.9. The molecule has 0 saturated heterocycles. The largest absolute Gasteiger partial charge is 0.316 e. The molecule has 1 saturated carbocycles. The zero-order chi connectivity index (χ0) is 11.3. The second-order valence-electron chi connectivity index (χ2n) is 5.65. The molecule has 1 heteroatoms. The predicted molar refractivity (Wildman–Crippen MR) is 68.0 cm³/mol. The van der Waals surface area contributed by atoms with Crippen LogP contribution in [0.3, 0.4) is 0 Å². The highest BCUT2D eigenvalue weighted by Crippen LogP contribution is 2.37. The lowest BCUT2D eigenvalue weighted by atomic mass is 9.71. The molecule has 0 bridgehead atoms. The zero-order valence-electron chi connectivity index (χ0n) is 10.7. The molecule has 0 amide bonds. The van der Waals surface area contributed by atoms with E-state index < -0.39 is 0 Å². The molecule has 0 aromatic heterocycles. The Labute approximate surface area is 95.3 Å². The Morgan fingerprint density at radius 3 is 2.47 bits per heavy atom. The van der Waals surface area contributed by atoms with Crippen molar-refractivity contribution in [2.45, 2.75) is 46.5 Å². The summed E-state index contributed by atoms with van der Waals surface area (Å²) in [7, 11) is 0. The van der Waals surface area contributed by atoms with Crippen LogP contribution >= 0.6 is 0 Å². The molecule has 0 spiro atoms. The van der Waals surface area contributed by atoms with Crippen molar-refractivity contribution in [1.82, 2.24) is 5.32 Å². The molecule has 1 N–H and O–H groups in total. The highest BCUT2D eigenvalue weighted by molar-refractivity contribution is 4.91. The minimum Gasteiger partial charge on any atom is -0.316 e. The first-order valence-electron chi connectivity index (χ1n) is 6.44. The molecule has 0 radical (unpaired) electrons. The van der Waals surface area contributed by atoms with Gasteiger partial charge in [0, 0.05) is 0 Å². The van der Waals surface area contributed by atoms with Crippen LogP contribution in [0.25, 0.3) is 0 Å². The van der Waals surface area contributed by atoms with E-state index in [1.165, 1.54) is 44.3 Å². The molecule has 88 valence electrons. The van der Waals surface area contributed by atoms with Gasteiger partial charge in [0.2, 0.25) is 0 Å². The van der Waals surface area contributed by atoms with Crippen LogP contribution in [0, 0.1) is 17.8 Å². The first-order valence-corrected chi connectivity index (χ1v) is 6.44. The van der Waals surface area contributed by atoms with E-state index >= 15 is 0 Å². The van der Waals surface area contributed by atoms with Crippen LogP contribution in [0.4, 0.5) is 0 Å². The lowest BCUT2D eigenvalue weighted by Crippen LogP contribution is -2.36. The van der Waals surface area contributed by atoms with Gasteiger partial charge in [-0.3, -0.25) is 0 Å². The molecule has 1 aliphatic rings. The molecule has 1 nitrogen and oxygen atoms in total. The van der Waals surface area contributed by atoms with Crippen LogP contribution < -0.4 is 5.32 Å². The Hall–Kier alpha value is -0.300. The molecule has 0 heterocycles. The van der Waals surface area contributed by atoms with Crippen LogP contribution in [-0.2, 0) is 0 Å². The fourth-order valence-corrected chi connectivity index (χ4v) is 2.28. The maximum atomic E-state index is 3.98. The van der Waals surface area contributed by atoms with Crippen molar-refractivity contribution in [3.63, 3.8) is 0 Å². The number of hydrogen-bond acceptors (Lipinski definition) is 1. The van der Waals surface area contributed by atoms with Gasteiger partial charge in [0.1, 0.15) is 0 Å². The monoisotopic (exact) mass is 209 g/mol. The van der Waals surface area contributed by atoms with Gasteiger partial charge in [-0.15, -0.1) is 6.58 Å². The predicted octanol–water partition coefficient (Wildman–Crippen LogP) is 3.61. The van der Waals surface area contributed by atoms with Gasteiger partial charge in [0.25, 0.3) is 0 Å². The van der Waals surface area contributed by atoms with Crippen molar-refractivity contribution in [3.8, 4) is 0 Å². The zero-order valence-corrected chi connectivity index (χ0v) is 10.7. The molecule has 1 rings (SSSR count). The lowest BCUT2D eigenvalue weighted by molar-refractivity contribution is 0.159. The molecule has 0 aromatic rings. The molecular weight excluding hydrogens is 182 g/mol. The summed E-state index contributed by atoms with van der Waals surface area (Å²) in [6.45, 7) is 13.1. The molecule has 2 unspecified atom stereocenters. The maximum absolute atomic E-state index is 3.98. The second-order valence-corrected chi connectivity index (χ2v) is 5.65. The molecule has 1 aliphatic carbocycles. The van der Waals surface area contributed by atoms with Crippen LogP contribution in [0.15, 0.2) is 12.2 Å². The van der Waals surface area contributed by atoms with Gasteiger partial charge in [0.15, 0.2) is 0 Å². The van der Waals surface area contributed by atoms with Crippen molar-refractivity contribution in [1.29, 1.82) is 0 Å². The minimum atomic E-state index is 0.777. The van der Waals surface area contributed by atoms with Crippen molar-refractivity contribution < 1.29 is 0 Å². The lowest BCUT2D eigenvalue weighted by Gasteiger charge is -2.37. The van der Waals surface area contributed by atoms with Crippen molar-refractivity contribution in [2.24, 2.45) is 17.8 Å². The normalized spacial score (nSPS) is 25.3. The van der Waals surface area contributed by atoms with E-state index in [4.69, 9.17) is 0 Å². The van der Waals surface area contributed by atoms with Crippen LogP contribution in [0.5, 0.6) is 0 Å². The van der Waals surface area contributed by atoms with Crippen LogP contribution in [0.1, 0.15) is 46.5 Å². The number of hydrogen-bond donors (Lipinski definition) is 1. The summed E-state index contributed by atoms with van der Waals surface area (Å²) in [5.41, 5.74) is 1.34. The highest BCUT2D eigenvalue weighted by Gasteiger charge is 2.29. The topological polar surface area (TPSA) is 12.0 Å². The van der Waals surface area contributed by atoms with Gasteiger partial charge in [-0.1, -0.05) is 19.4 Å². The van der Waals surface area contributed by atoms with E-state index in [0.29, 0.717) is 0 Å². The standard InChI is InChI=1S/C14H27N/c1-11(2)5-6-13-7-8-14(13)10-15-9-12(3)4/h12-15H,1,5-10H2,2-4H3. The Morgan fingerprint density at radius 2 is 2.00 bits per heavy atom. The first-order chi connectivity index (χ1) is 7.09. The average Bonchev–Trinajstić information content (AvgIpc) is 2.09. The summed E-state index contributed by atoms with van der Waals surface area (Å²) in [6, 6.07) is 0. The van der Waals surface area contributed by atoms with Gasteiger partial charge < -0.3 is 5.32 Å². The van der Waals surface area contributed by atoms with Crippen molar-refractivity contribution >= 4 is 0 Å². The summed E-state index contributed by atoms with van der Waals surface area (Å²) in [5, 5.41) is 3.58. The number of nitrogens with one attached hydrogen (secondary N) is 1. The van der Waals surface area contributed by atoms with E-state index in [0.717, 1.165) is 17.8 Å². The average molecular weight is 209 g/mol. The van der Waals surface area contributed by atoms with Crippen LogP contribution in [-0.4, -0.2) is 13.1 Å². The molecule has 1 fully saturated rings. The fourth-order valence-electron chi connectivity index (χ4n) is 2.28. The first kappa shape index (κ1) is 12.8. The Morgan fingerprint density at radius 1 is 1.33 bits per heavy atom. The maximum Gasteiger partial charge on any atom is -0.00178 e. The Kier molecular flexibility index (Phi) is 5.38. The fraction of sp³-hybridized carbons (Fsp3) is 0.857. The smallest absolute Gasteiger partial charge is 0.00178 e. The quantitative estimate of drug-likeness (QED) is 0.632. The summed E-state index contributed by atoms with van der Waals surface area (Å²) < 4.78 is 0. The van der Waals surface area contributed by atoms with Gasteiger partial charge >= 0.3 is 0 Å². The molecule has 15 heavy (non-hydrogen) atoms. The van der Waals surface area contributed by atoms with Gasteiger partial charge in [0.05, 0.1) is 0 Å². The molecule has 0 aliphatic heterocycles. The van der Waals surface area contributed by atoms with E-state index in [-0.39, 0.29) is 0 Å². The summed E-state index contributed by atoms with van der Waals surface area (Å²) >= 11 is 0. The van der Waals surface area contributed by atoms with Gasteiger partial charge in [-0.05, 0) is 63.5 Å². The second kappa shape index (κ2) is 6.32. The molecular formula is C14H27N. The molecule has 2 atom stereocenters. The van der Waals surface area contributed by atoms with Gasteiger partial charge in [-0.25, -0.2) is 0 Å². The number of rotatable bonds is 7. The summed E-state index contributed by atoms with van der Waals surface area (Å²) in [4.78, 5) is 0.